The smallest absolute Gasteiger partial charge is 0.122 e. The summed E-state index contributed by atoms with van der Waals surface area (Å²) >= 11 is 0. The lowest BCUT2D eigenvalue weighted by molar-refractivity contribution is 0.206. The highest BCUT2D eigenvalue weighted by molar-refractivity contribution is 5.40. The Balaban J connectivity index is 1.68. The second-order valence-electron chi connectivity index (χ2n) is 8.21. The van der Waals surface area contributed by atoms with E-state index in [-0.39, 0.29) is 0 Å². The minimum atomic E-state index is -0.920. The van der Waals surface area contributed by atoms with Gasteiger partial charge < -0.3 is 10.1 Å². The van der Waals surface area contributed by atoms with Crippen molar-refractivity contribution in [1.29, 1.82) is 0 Å². The van der Waals surface area contributed by atoms with E-state index in [0.717, 1.165) is 24.2 Å². The molecule has 0 aromatic heterocycles. The van der Waals surface area contributed by atoms with Crippen LogP contribution in [0.4, 0.5) is 4.39 Å². The number of piperidine rings is 1. The number of hydrogen-bond donors (Lipinski definition) is 1. The average molecular weight is 370 g/mol. The summed E-state index contributed by atoms with van der Waals surface area (Å²) in [7, 11) is 0. The first-order valence-corrected chi connectivity index (χ1v) is 10.0. The molecule has 2 aromatic carbocycles. The molecule has 4 atom stereocenters. The highest BCUT2D eigenvalue weighted by atomic mass is 19.1. The van der Waals surface area contributed by atoms with E-state index in [1.807, 2.05) is 18.2 Å². The quantitative estimate of drug-likeness (QED) is 0.703. The van der Waals surface area contributed by atoms with Crippen molar-refractivity contribution in [3.63, 3.8) is 0 Å². The SMILES string of the molecule is Cc1cc(OCC2CC(c3cccc(C(C)F)c3)CC(C)N2)cc(C)c1C. The van der Waals surface area contributed by atoms with E-state index >= 15 is 0 Å². The maximum absolute atomic E-state index is 13.7. The summed E-state index contributed by atoms with van der Waals surface area (Å²) in [6, 6.07) is 13.0. The van der Waals surface area contributed by atoms with Crippen LogP contribution in [0.5, 0.6) is 5.75 Å². The number of nitrogens with one attached hydrogen (secondary N) is 1. The minimum Gasteiger partial charge on any atom is -0.492 e. The maximum Gasteiger partial charge on any atom is 0.122 e. The van der Waals surface area contributed by atoms with Crippen molar-refractivity contribution in [3.05, 3.63) is 64.2 Å². The number of alkyl halides is 1. The molecule has 2 aromatic rings. The van der Waals surface area contributed by atoms with Crippen molar-refractivity contribution >= 4 is 0 Å². The normalized spacial score (nSPS) is 23.9. The number of ether oxygens (including phenoxy) is 1. The second-order valence-corrected chi connectivity index (χ2v) is 8.21. The Morgan fingerprint density at radius 1 is 1.11 bits per heavy atom. The van der Waals surface area contributed by atoms with Gasteiger partial charge in [0.25, 0.3) is 0 Å². The van der Waals surface area contributed by atoms with Crippen molar-refractivity contribution in [2.24, 2.45) is 0 Å². The van der Waals surface area contributed by atoms with Crippen molar-refractivity contribution < 1.29 is 9.13 Å². The van der Waals surface area contributed by atoms with E-state index in [1.165, 1.54) is 22.3 Å². The molecule has 27 heavy (non-hydrogen) atoms. The summed E-state index contributed by atoms with van der Waals surface area (Å²) in [6.07, 6.45) is 1.16. The van der Waals surface area contributed by atoms with Crippen molar-refractivity contribution in [3.8, 4) is 5.75 Å². The van der Waals surface area contributed by atoms with Crippen LogP contribution in [0.15, 0.2) is 36.4 Å². The highest BCUT2D eigenvalue weighted by Crippen LogP contribution is 2.32. The van der Waals surface area contributed by atoms with Crippen LogP contribution in [0.3, 0.4) is 0 Å². The predicted octanol–water partition coefficient (Wildman–Crippen LogP) is 5.95. The predicted molar refractivity (Wildman–Crippen MR) is 110 cm³/mol. The number of halogens is 1. The van der Waals surface area contributed by atoms with Crippen LogP contribution in [0.2, 0.25) is 0 Å². The van der Waals surface area contributed by atoms with Gasteiger partial charge in [0, 0.05) is 12.1 Å². The summed E-state index contributed by atoms with van der Waals surface area (Å²) in [6.45, 7) is 10.9. The molecule has 0 saturated carbocycles. The zero-order valence-corrected chi connectivity index (χ0v) is 17.2. The largest absolute Gasteiger partial charge is 0.492 e. The average Bonchev–Trinajstić information content (AvgIpc) is 2.64. The first kappa shape index (κ1) is 19.9. The van der Waals surface area contributed by atoms with Crippen molar-refractivity contribution in [1.82, 2.24) is 5.32 Å². The molecule has 3 heteroatoms. The molecular formula is C24H32FNO. The molecular weight excluding hydrogens is 337 g/mol. The Kier molecular flexibility index (Phi) is 6.21. The summed E-state index contributed by atoms with van der Waals surface area (Å²) in [4.78, 5) is 0. The molecule has 0 bridgehead atoms. The van der Waals surface area contributed by atoms with Gasteiger partial charge in [-0.15, -0.1) is 0 Å². The van der Waals surface area contributed by atoms with Crippen LogP contribution in [0, 0.1) is 20.8 Å². The molecule has 1 fully saturated rings. The number of benzene rings is 2. The lowest BCUT2D eigenvalue weighted by Crippen LogP contribution is -2.46. The van der Waals surface area contributed by atoms with Crippen LogP contribution in [0.1, 0.15) is 66.6 Å². The van der Waals surface area contributed by atoms with Gasteiger partial charge in [0.05, 0.1) is 0 Å². The Morgan fingerprint density at radius 2 is 1.81 bits per heavy atom. The summed E-state index contributed by atoms with van der Waals surface area (Å²) in [5.74, 6) is 1.38. The van der Waals surface area contributed by atoms with E-state index in [2.05, 4.69) is 51.2 Å². The second kappa shape index (κ2) is 8.43. The number of aryl methyl sites for hydroxylation is 2. The molecule has 1 heterocycles. The summed E-state index contributed by atoms with van der Waals surface area (Å²) in [5.41, 5.74) is 5.89. The molecule has 0 radical (unpaired) electrons. The van der Waals surface area contributed by atoms with Crippen LogP contribution in [-0.2, 0) is 0 Å². The van der Waals surface area contributed by atoms with Gasteiger partial charge in [-0.3, -0.25) is 0 Å². The minimum absolute atomic E-state index is 0.298. The number of hydrogen-bond acceptors (Lipinski definition) is 2. The Hall–Kier alpha value is -1.87. The lowest BCUT2D eigenvalue weighted by atomic mass is 9.83. The Bertz CT molecular complexity index is 763. The van der Waals surface area contributed by atoms with Gasteiger partial charge in [-0.25, -0.2) is 4.39 Å². The Labute approximate surface area is 163 Å². The monoisotopic (exact) mass is 369 g/mol. The van der Waals surface area contributed by atoms with Gasteiger partial charge in [0.15, 0.2) is 0 Å². The van der Waals surface area contributed by atoms with E-state index in [9.17, 15) is 4.39 Å². The Morgan fingerprint density at radius 3 is 2.48 bits per heavy atom. The third-order valence-electron chi connectivity index (χ3n) is 5.92. The van der Waals surface area contributed by atoms with Gasteiger partial charge in [-0.1, -0.05) is 24.3 Å². The first-order chi connectivity index (χ1) is 12.8. The van der Waals surface area contributed by atoms with Gasteiger partial charge in [0.2, 0.25) is 0 Å². The zero-order valence-electron chi connectivity index (χ0n) is 17.2. The van der Waals surface area contributed by atoms with Gasteiger partial charge >= 0.3 is 0 Å². The van der Waals surface area contributed by atoms with Crippen LogP contribution in [0.25, 0.3) is 0 Å². The van der Waals surface area contributed by atoms with E-state index < -0.39 is 6.17 Å². The van der Waals surface area contributed by atoms with Crippen molar-refractivity contribution in [2.45, 2.75) is 71.6 Å². The summed E-state index contributed by atoms with van der Waals surface area (Å²) in [5, 5.41) is 3.67. The first-order valence-electron chi connectivity index (χ1n) is 10.0. The maximum atomic E-state index is 13.7. The highest BCUT2D eigenvalue weighted by Gasteiger charge is 2.27. The zero-order chi connectivity index (χ0) is 19.6. The van der Waals surface area contributed by atoms with E-state index in [1.54, 1.807) is 6.92 Å². The fourth-order valence-corrected chi connectivity index (χ4v) is 4.13. The van der Waals surface area contributed by atoms with Crippen LogP contribution in [-0.4, -0.2) is 18.7 Å². The molecule has 1 N–H and O–H groups in total. The molecule has 1 aliphatic heterocycles. The molecule has 2 nitrogen and oxygen atoms in total. The lowest BCUT2D eigenvalue weighted by Gasteiger charge is -2.35. The van der Waals surface area contributed by atoms with Crippen LogP contribution >= 0.6 is 0 Å². The van der Waals surface area contributed by atoms with E-state index in [0.29, 0.717) is 24.6 Å². The standard InChI is InChI=1S/C24H32FNO/c1-15-9-24(10-16(2)18(15)4)27-14-23-13-22(11-17(3)26-23)21-8-6-7-20(12-21)19(5)25/h6-10,12,17,19,22-23,26H,11,13-14H2,1-5H3. The molecule has 1 saturated heterocycles. The third kappa shape index (κ3) is 4.90. The molecule has 3 rings (SSSR count). The van der Waals surface area contributed by atoms with E-state index in [4.69, 9.17) is 4.74 Å². The fraction of sp³-hybridized carbons (Fsp3) is 0.500. The molecule has 0 aliphatic carbocycles. The van der Waals surface area contributed by atoms with Crippen LogP contribution < -0.4 is 10.1 Å². The molecule has 4 unspecified atom stereocenters. The molecule has 0 amide bonds. The number of rotatable bonds is 5. The topological polar surface area (TPSA) is 21.3 Å². The third-order valence-corrected chi connectivity index (χ3v) is 5.92. The van der Waals surface area contributed by atoms with Crippen molar-refractivity contribution in [2.75, 3.05) is 6.61 Å². The molecule has 146 valence electrons. The fourth-order valence-electron chi connectivity index (χ4n) is 4.13. The molecule has 0 spiro atoms. The van der Waals surface area contributed by atoms with Gasteiger partial charge in [-0.05, 0) is 93.3 Å². The van der Waals surface area contributed by atoms with Gasteiger partial charge in [-0.2, -0.15) is 0 Å². The molecule has 1 aliphatic rings. The van der Waals surface area contributed by atoms with Gasteiger partial charge in [0.1, 0.15) is 18.5 Å². The summed E-state index contributed by atoms with van der Waals surface area (Å²) < 4.78 is 19.8.